The van der Waals surface area contributed by atoms with Gasteiger partial charge in [-0.15, -0.1) is 0 Å². The second-order valence-corrected chi connectivity index (χ2v) is 6.22. The van der Waals surface area contributed by atoms with Crippen LogP contribution in [0, 0.1) is 24.4 Å². The number of hydrogen-bond donors (Lipinski definition) is 0. The molecular formula is C22H15F3N2. The van der Waals surface area contributed by atoms with Crippen molar-refractivity contribution in [2.24, 2.45) is 0 Å². The van der Waals surface area contributed by atoms with Crippen molar-refractivity contribution in [3.8, 4) is 28.2 Å². The van der Waals surface area contributed by atoms with Crippen LogP contribution in [0.1, 0.15) is 5.56 Å². The van der Waals surface area contributed by atoms with Gasteiger partial charge in [-0.05, 0) is 79.7 Å². The fraction of sp³-hybridized carbons (Fsp3) is 0.0455. The van der Waals surface area contributed by atoms with Gasteiger partial charge in [-0.1, -0.05) is 0 Å². The maximum Gasteiger partial charge on any atom is 0.123 e. The molecular weight excluding hydrogens is 349 g/mol. The van der Waals surface area contributed by atoms with Crippen molar-refractivity contribution >= 4 is 0 Å². The largest absolute Gasteiger partial charge is 0.232 e. The summed E-state index contributed by atoms with van der Waals surface area (Å²) < 4.78 is 41.7. The molecule has 0 bridgehead atoms. The highest BCUT2D eigenvalue weighted by atomic mass is 19.1. The van der Waals surface area contributed by atoms with Crippen molar-refractivity contribution < 1.29 is 13.2 Å². The Hall–Kier alpha value is -3.34. The maximum absolute atomic E-state index is 13.4. The lowest BCUT2D eigenvalue weighted by Crippen LogP contribution is -2.00. The van der Waals surface area contributed by atoms with Crippen molar-refractivity contribution in [3.63, 3.8) is 0 Å². The Morgan fingerprint density at radius 1 is 0.630 bits per heavy atom. The molecule has 0 unspecified atom stereocenters. The average molecular weight is 364 g/mol. The van der Waals surface area contributed by atoms with Crippen molar-refractivity contribution in [1.82, 2.24) is 9.78 Å². The summed E-state index contributed by atoms with van der Waals surface area (Å²) in [4.78, 5) is 0. The van der Waals surface area contributed by atoms with Crippen LogP contribution in [0.3, 0.4) is 0 Å². The SMILES string of the molecule is Cc1c(-c2ccc(F)cc2)nn(-c2ccc(F)cc2)c1-c1ccc(F)cc1. The zero-order chi connectivity index (χ0) is 19.0. The highest BCUT2D eigenvalue weighted by Gasteiger charge is 2.18. The summed E-state index contributed by atoms with van der Waals surface area (Å²) in [5.41, 5.74) is 4.52. The molecule has 0 aliphatic heterocycles. The summed E-state index contributed by atoms with van der Waals surface area (Å²) in [7, 11) is 0. The molecule has 0 atom stereocenters. The van der Waals surface area contributed by atoms with E-state index < -0.39 is 0 Å². The number of nitrogens with zero attached hydrogens (tertiary/aromatic N) is 2. The van der Waals surface area contributed by atoms with Gasteiger partial charge in [0.25, 0.3) is 0 Å². The molecule has 0 aliphatic carbocycles. The lowest BCUT2D eigenvalue weighted by molar-refractivity contribution is 0.626. The van der Waals surface area contributed by atoms with Crippen molar-refractivity contribution in [1.29, 1.82) is 0 Å². The summed E-state index contributed by atoms with van der Waals surface area (Å²) in [5, 5.41) is 4.69. The van der Waals surface area contributed by atoms with Crippen LogP contribution in [0.4, 0.5) is 13.2 Å². The van der Waals surface area contributed by atoms with Gasteiger partial charge in [0.1, 0.15) is 17.5 Å². The number of halogens is 3. The Kier molecular flexibility index (Phi) is 4.28. The summed E-state index contributed by atoms with van der Waals surface area (Å²) in [5.74, 6) is -0.999. The van der Waals surface area contributed by atoms with Crippen LogP contribution >= 0.6 is 0 Å². The Labute approximate surface area is 154 Å². The fourth-order valence-corrected chi connectivity index (χ4v) is 3.09. The highest BCUT2D eigenvalue weighted by molar-refractivity contribution is 5.75. The van der Waals surface area contributed by atoms with Crippen molar-refractivity contribution in [2.45, 2.75) is 6.92 Å². The molecule has 0 fully saturated rings. The quantitative estimate of drug-likeness (QED) is 0.440. The van der Waals surface area contributed by atoms with E-state index in [1.165, 1.54) is 36.4 Å². The van der Waals surface area contributed by atoms with Crippen molar-refractivity contribution in [2.75, 3.05) is 0 Å². The fourth-order valence-electron chi connectivity index (χ4n) is 3.09. The summed E-state index contributed by atoms with van der Waals surface area (Å²) in [6.45, 7) is 1.91. The molecule has 0 N–H and O–H groups in total. The van der Waals surface area contributed by atoms with Crippen LogP contribution in [-0.2, 0) is 0 Å². The first-order chi connectivity index (χ1) is 13.0. The van der Waals surface area contributed by atoms with E-state index in [0.29, 0.717) is 11.4 Å². The van der Waals surface area contributed by atoms with Crippen LogP contribution in [-0.4, -0.2) is 9.78 Å². The summed E-state index contributed by atoms with van der Waals surface area (Å²) in [6.07, 6.45) is 0. The van der Waals surface area contributed by atoms with Gasteiger partial charge < -0.3 is 0 Å². The van der Waals surface area contributed by atoms with Gasteiger partial charge in [-0.3, -0.25) is 0 Å². The zero-order valence-corrected chi connectivity index (χ0v) is 14.5. The molecule has 1 aromatic heterocycles. The lowest BCUT2D eigenvalue weighted by Gasteiger charge is -2.09. The van der Waals surface area contributed by atoms with E-state index in [1.807, 2.05) is 6.92 Å². The van der Waals surface area contributed by atoms with Crippen LogP contribution < -0.4 is 0 Å². The van der Waals surface area contributed by atoms with Gasteiger partial charge >= 0.3 is 0 Å². The first-order valence-electron chi connectivity index (χ1n) is 8.40. The van der Waals surface area contributed by atoms with E-state index in [-0.39, 0.29) is 17.5 Å². The normalized spacial score (nSPS) is 11.0. The van der Waals surface area contributed by atoms with Gasteiger partial charge in [-0.25, -0.2) is 17.9 Å². The third kappa shape index (κ3) is 3.24. The summed E-state index contributed by atoms with van der Waals surface area (Å²) in [6, 6.07) is 18.2. The minimum atomic E-state index is -0.343. The molecule has 4 rings (SSSR count). The number of aromatic nitrogens is 2. The minimum Gasteiger partial charge on any atom is -0.232 e. The van der Waals surface area contributed by atoms with E-state index in [4.69, 9.17) is 0 Å². The molecule has 5 heteroatoms. The van der Waals surface area contributed by atoms with Gasteiger partial charge in [0.2, 0.25) is 0 Å². The minimum absolute atomic E-state index is 0.326. The second-order valence-electron chi connectivity index (χ2n) is 6.22. The standard InChI is InChI=1S/C22H15F3N2/c1-14-21(15-2-6-17(23)7-3-15)26-27(20-12-10-19(25)11-13-20)22(14)16-4-8-18(24)9-5-16/h2-13H,1H3. The molecule has 3 aromatic carbocycles. The Morgan fingerprint density at radius 3 is 1.59 bits per heavy atom. The predicted octanol–water partition coefficient (Wildman–Crippen LogP) is 5.93. The molecule has 134 valence electrons. The third-order valence-corrected chi connectivity index (χ3v) is 4.43. The molecule has 0 radical (unpaired) electrons. The van der Waals surface area contributed by atoms with Crippen LogP contribution in [0.5, 0.6) is 0 Å². The number of hydrogen-bond acceptors (Lipinski definition) is 1. The highest BCUT2D eigenvalue weighted by Crippen LogP contribution is 2.33. The van der Waals surface area contributed by atoms with Gasteiger partial charge in [-0.2, -0.15) is 5.10 Å². The first kappa shape index (κ1) is 17.1. The molecule has 0 spiro atoms. The third-order valence-electron chi connectivity index (χ3n) is 4.43. The number of rotatable bonds is 3. The topological polar surface area (TPSA) is 17.8 Å². The Bertz CT molecular complexity index is 1080. The average Bonchev–Trinajstić information content (AvgIpc) is 3.01. The molecule has 0 amide bonds. The molecule has 1 heterocycles. The smallest absolute Gasteiger partial charge is 0.123 e. The Morgan fingerprint density at radius 2 is 1.07 bits per heavy atom. The zero-order valence-electron chi connectivity index (χ0n) is 14.5. The van der Waals surface area contributed by atoms with Crippen LogP contribution in [0.25, 0.3) is 28.2 Å². The molecule has 4 aromatic rings. The van der Waals surface area contributed by atoms with Crippen LogP contribution in [0.2, 0.25) is 0 Å². The maximum atomic E-state index is 13.4. The van der Waals surface area contributed by atoms with E-state index >= 15 is 0 Å². The molecule has 0 aliphatic rings. The molecule has 27 heavy (non-hydrogen) atoms. The number of benzene rings is 3. The molecule has 0 saturated heterocycles. The lowest BCUT2D eigenvalue weighted by atomic mass is 10.0. The van der Waals surface area contributed by atoms with Crippen LogP contribution in [0.15, 0.2) is 72.8 Å². The van der Waals surface area contributed by atoms with Gasteiger partial charge in [0.15, 0.2) is 0 Å². The van der Waals surface area contributed by atoms with Gasteiger partial charge in [0.05, 0.1) is 17.1 Å². The molecule has 0 saturated carbocycles. The first-order valence-corrected chi connectivity index (χ1v) is 8.40. The summed E-state index contributed by atoms with van der Waals surface area (Å²) >= 11 is 0. The second kappa shape index (κ2) is 6.76. The van der Waals surface area contributed by atoms with E-state index in [2.05, 4.69) is 5.10 Å². The predicted molar refractivity (Wildman–Crippen MR) is 99.0 cm³/mol. The van der Waals surface area contributed by atoms with E-state index in [9.17, 15) is 13.2 Å². The Balaban J connectivity index is 1.95. The molecule has 2 nitrogen and oxygen atoms in total. The van der Waals surface area contributed by atoms with E-state index in [1.54, 1.807) is 41.1 Å². The van der Waals surface area contributed by atoms with E-state index in [0.717, 1.165) is 22.4 Å². The van der Waals surface area contributed by atoms with Crippen molar-refractivity contribution in [3.05, 3.63) is 95.8 Å². The van der Waals surface area contributed by atoms with Gasteiger partial charge in [0, 0.05) is 16.7 Å². The monoisotopic (exact) mass is 364 g/mol.